The van der Waals surface area contributed by atoms with Crippen molar-refractivity contribution in [1.29, 1.82) is 0 Å². The minimum Gasteiger partial charge on any atom is -0.356 e. The second-order valence-electron chi connectivity index (χ2n) is 8.65. The molecule has 5 nitrogen and oxygen atoms in total. The highest BCUT2D eigenvalue weighted by Gasteiger charge is 2.22. The van der Waals surface area contributed by atoms with Crippen LogP contribution in [0.3, 0.4) is 0 Å². The average Bonchev–Trinajstić information content (AvgIpc) is 3.25. The van der Waals surface area contributed by atoms with Crippen molar-refractivity contribution in [3.63, 3.8) is 0 Å². The molecule has 0 radical (unpaired) electrons. The third-order valence-corrected chi connectivity index (χ3v) is 6.17. The number of carbonyl (C=O) groups is 1. The van der Waals surface area contributed by atoms with E-state index in [1.165, 1.54) is 12.8 Å². The summed E-state index contributed by atoms with van der Waals surface area (Å²) in [6.07, 6.45) is 2.45. The predicted octanol–water partition coefficient (Wildman–Crippen LogP) is 4.76. The molecule has 156 valence electrons. The minimum absolute atomic E-state index is 0.0240. The average molecular weight is 413 g/mol. The molecule has 1 amide bonds. The van der Waals surface area contributed by atoms with E-state index in [0.29, 0.717) is 6.54 Å². The normalized spacial score (nSPS) is 14.3. The summed E-state index contributed by atoms with van der Waals surface area (Å²) in [6.45, 7) is 11.4. The minimum atomic E-state index is -0.0240. The first-order chi connectivity index (χ1) is 13.8. The van der Waals surface area contributed by atoms with Crippen molar-refractivity contribution in [2.45, 2.75) is 56.9 Å². The fourth-order valence-electron chi connectivity index (χ4n) is 3.28. The number of nitrogens with zero attached hydrogens (tertiary/aromatic N) is 4. The zero-order valence-corrected chi connectivity index (χ0v) is 19.1. The largest absolute Gasteiger partial charge is 0.356 e. The Morgan fingerprint density at radius 3 is 2.55 bits per heavy atom. The Labute approximate surface area is 178 Å². The van der Waals surface area contributed by atoms with Crippen molar-refractivity contribution in [2.75, 3.05) is 31.6 Å². The van der Waals surface area contributed by atoms with Crippen molar-refractivity contribution in [3.8, 4) is 0 Å². The summed E-state index contributed by atoms with van der Waals surface area (Å²) in [4.78, 5) is 26.2. The second kappa shape index (κ2) is 9.16. The summed E-state index contributed by atoms with van der Waals surface area (Å²) < 4.78 is 0. The fourth-order valence-corrected chi connectivity index (χ4v) is 4.07. The molecule has 0 N–H and O–H groups in total. The molecular weight excluding hydrogens is 380 g/mol. The van der Waals surface area contributed by atoms with E-state index in [4.69, 9.17) is 9.97 Å². The standard InChI is InChI=1S/C23H32N4OS/c1-6-26(5)21(28)18-11-9-10-17(14-18)16-29-22-24-19(23(2,3)4)15-20(25-22)27-12-7-8-13-27/h9-11,14-15H,6-8,12-13,16H2,1-5H3. The highest BCUT2D eigenvalue weighted by atomic mass is 32.2. The van der Waals surface area contributed by atoms with Gasteiger partial charge in [0.1, 0.15) is 5.82 Å². The van der Waals surface area contributed by atoms with Gasteiger partial charge < -0.3 is 9.80 Å². The van der Waals surface area contributed by atoms with Crippen LogP contribution in [0.5, 0.6) is 0 Å². The van der Waals surface area contributed by atoms with Crippen LogP contribution in [0, 0.1) is 0 Å². The third-order valence-electron chi connectivity index (χ3n) is 5.25. The first-order valence-electron chi connectivity index (χ1n) is 10.4. The van der Waals surface area contributed by atoms with Crippen LogP contribution in [-0.2, 0) is 11.2 Å². The summed E-state index contributed by atoms with van der Waals surface area (Å²) in [5.74, 6) is 1.84. The molecule has 29 heavy (non-hydrogen) atoms. The second-order valence-corrected chi connectivity index (χ2v) is 9.59. The van der Waals surface area contributed by atoms with Crippen LogP contribution < -0.4 is 4.90 Å². The van der Waals surface area contributed by atoms with E-state index in [-0.39, 0.29) is 11.3 Å². The smallest absolute Gasteiger partial charge is 0.253 e. The molecule has 6 heteroatoms. The van der Waals surface area contributed by atoms with E-state index in [2.05, 4.69) is 37.8 Å². The maximum Gasteiger partial charge on any atom is 0.253 e. The number of amides is 1. The van der Waals surface area contributed by atoms with Crippen LogP contribution in [0.4, 0.5) is 5.82 Å². The number of anilines is 1. The van der Waals surface area contributed by atoms with Gasteiger partial charge in [-0.1, -0.05) is 44.7 Å². The van der Waals surface area contributed by atoms with Crippen LogP contribution in [-0.4, -0.2) is 47.5 Å². The van der Waals surface area contributed by atoms with Gasteiger partial charge in [-0.15, -0.1) is 0 Å². The van der Waals surface area contributed by atoms with Gasteiger partial charge in [0.05, 0.1) is 5.69 Å². The van der Waals surface area contributed by atoms with Gasteiger partial charge in [-0.2, -0.15) is 0 Å². The number of thioether (sulfide) groups is 1. The lowest BCUT2D eigenvalue weighted by molar-refractivity contribution is 0.0802. The molecule has 1 saturated heterocycles. The molecule has 1 aromatic carbocycles. The highest BCUT2D eigenvalue weighted by molar-refractivity contribution is 7.98. The lowest BCUT2D eigenvalue weighted by Gasteiger charge is -2.23. The molecule has 0 aliphatic carbocycles. The number of aromatic nitrogens is 2. The molecule has 1 aliphatic rings. The van der Waals surface area contributed by atoms with E-state index < -0.39 is 0 Å². The van der Waals surface area contributed by atoms with Crippen LogP contribution in [0.2, 0.25) is 0 Å². The summed E-state index contributed by atoms with van der Waals surface area (Å²) in [7, 11) is 1.83. The Morgan fingerprint density at radius 1 is 1.17 bits per heavy atom. The molecule has 0 atom stereocenters. The molecule has 1 aromatic heterocycles. The molecule has 3 rings (SSSR count). The first kappa shape index (κ1) is 21.6. The SMILES string of the molecule is CCN(C)C(=O)c1cccc(CSc2nc(N3CCCC3)cc(C(C)(C)C)n2)c1. The summed E-state index contributed by atoms with van der Waals surface area (Å²) >= 11 is 1.64. The van der Waals surface area contributed by atoms with Gasteiger partial charge in [-0.3, -0.25) is 4.79 Å². The maximum absolute atomic E-state index is 12.4. The quantitative estimate of drug-likeness (QED) is 0.506. The van der Waals surface area contributed by atoms with Gasteiger partial charge in [-0.05, 0) is 37.5 Å². The predicted molar refractivity (Wildman–Crippen MR) is 121 cm³/mol. The van der Waals surface area contributed by atoms with Crippen LogP contribution in [0.25, 0.3) is 0 Å². The van der Waals surface area contributed by atoms with E-state index >= 15 is 0 Å². The van der Waals surface area contributed by atoms with Gasteiger partial charge >= 0.3 is 0 Å². The Hall–Kier alpha value is -2.08. The number of hydrogen-bond acceptors (Lipinski definition) is 5. The summed E-state index contributed by atoms with van der Waals surface area (Å²) in [5, 5.41) is 0.807. The fraction of sp³-hybridized carbons (Fsp3) is 0.522. The third kappa shape index (κ3) is 5.50. The lowest BCUT2D eigenvalue weighted by atomic mass is 9.92. The molecule has 0 saturated carbocycles. The molecule has 1 fully saturated rings. The van der Waals surface area contributed by atoms with E-state index in [9.17, 15) is 4.79 Å². The Kier molecular flexibility index (Phi) is 6.83. The molecule has 0 spiro atoms. The van der Waals surface area contributed by atoms with Gasteiger partial charge in [-0.25, -0.2) is 9.97 Å². The van der Waals surface area contributed by atoms with Crippen molar-refractivity contribution < 1.29 is 4.79 Å². The van der Waals surface area contributed by atoms with Crippen molar-refractivity contribution in [2.24, 2.45) is 0 Å². The molecule has 0 bridgehead atoms. The zero-order chi connectivity index (χ0) is 21.0. The first-order valence-corrected chi connectivity index (χ1v) is 11.4. The van der Waals surface area contributed by atoms with Crippen LogP contribution >= 0.6 is 11.8 Å². The number of rotatable bonds is 6. The topological polar surface area (TPSA) is 49.3 Å². The van der Waals surface area contributed by atoms with Gasteiger partial charge in [0, 0.05) is 49.5 Å². The van der Waals surface area contributed by atoms with Crippen molar-refractivity contribution in [1.82, 2.24) is 14.9 Å². The molecule has 0 unspecified atom stereocenters. The Bertz CT molecular complexity index is 856. The van der Waals surface area contributed by atoms with Gasteiger partial charge in [0.2, 0.25) is 0 Å². The maximum atomic E-state index is 12.4. The van der Waals surface area contributed by atoms with E-state index in [1.807, 2.05) is 32.2 Å². The van der Waals surface area contributed by atoms with Crippen molar-refractivity contribution >= 4 is 23.5 Å². The van der Waals surface area contributed by atoms with E-state index in [0.717, 1.165) is 46.6 Å². The molecular formula is C23H32N4OS. The van der Waals surface area contributed by atoms with Crippen molar-refractivity contribution in [3.05, 3.63) is 47.2 Å². The Balaban J connectivity index is 1.79. The summed E-state index contributed by atoms with van der Waals surface area (Å²) in [6, 6.07) is 10.0. The Morgan fingerprint density at radius 2 is 1.90 bits per heavy atom. The van der Waals surface area contributed by atoms with Gasteiger partial charge in [0.25, 0.3) is 5.91 Å². The van der Waals surface area contributed by atoms with Crippen LogP contribution in [0.15, 0.2) is 35.5 Å². The van der Waals surface area contributed by atoms with Gasteiger partial charge in [0.15, 0.2) is 5.16 Å². The number of benzene rings is 1. The summed E-state index contributed by atoms with van der Waals surface area (Å²) in [5.41, 5.74) is 2.89. The molecule has 2 heterocycles. The lowest BCUT2D eigenvalue weighted by Crippen LogP contribution is -2.26. The molecule has 2 aromatic rings. The molecule has 1 aliphatic heterocycles. The number of carbonyl (C=O) groups excluding carboxylic acids is 1. The monoisotopic (exact) mass is 412 g/mol. The van der Waals surface area contributed by atoms with E-state index in [1.54, 1.807) is 16.7 Å². The number of hydrogen-bond donors (Lipinski definition) is 0. The highest BCUT2D eigenvalue weighted by Crippen LogP contribution is 2.29. The van der Waals surface area contributed by atoms with Crippen LogP contribution in [0.1, 0.15) is 62.2 Å². The zero-order valence-electron chi connectivity index (χ0n) is 18.2.